The molecule has 0 saturated carbocycles. The number of ether oxygens (including phenoxy) is 1. The second-order valence-corrected chi connectivity index (χ2v) is 4.09. The Morgan fingerprint density at radius 1 is 1.28 bits per heavy atom. The largest absolute Gasteiger partial charge is 0.478 e. The third-order valence-electron chi connectivity index (χ3n) is 2.30. The average Bonchev–Trinajstić information content (AvgIpc) is 2.37. The van der Waals surface area contributed by atoms with Gasteiger partial charge in [-0.1, -0.05) is 23.7 Å². The Kier molecular flexibility index (Phi) is 4.36. The molecule has 0 amide bonds. The first-order chi connectivity index (χ1) is 8.78. The van der Waals surface area contributed by atoms with Crippen molar-refractivity contribution in [2.24, 2.45) is 0 Å². The monoisotopic (exact) mass is 263 g/mol. The lowest BCUT2D eigenvalue weighted by atomic mass is 10.2. The topological polar surface area (TPSA) is 47.0 Å². The molecular formula is C13H14ClN3O. The van der Waals surface area contributed by atoms with Crippen LogP contribution < -0.4 is 10.1 Å². The molecule has 4 nitrogen and oxygen atoms in total. The maximum absolute atomic E-state index is 5.92. The molecule has 0 saturated heterocycles. The minimum absolute atomic E-state index is 0.570. The predicted molar refractivity (Wildman–Crippen MR) is 72.0 cm³/mol. The summed E-state index contributed by atoms with van der Waals surface area (Å²) in [6.07, 6.45) is 1.48. The van der Waals surface area contributed by atoms with E-state index in [1.165, 1.54) is 6.33 Å². The summed E-state index contributed by atoms with van der Waals surface area (Å²) >= 11 is 5.92. The second kappa shape index (κ2) is 6.21. The number of hydrogen-bond acceptors (Lipinski definition) is 4. The highest BCUT2D eigenvalue weighted by Gasteiger charge is 1.99. The zero-order chi connectivity index (χ0) is 12.8. The Hall–Kier alpha value is -1.81. The molecule has 0 fully saturated rings. The number of benzene rings is 1. The fourth-order valence-corrected chi connectivity index (χ4v) is 1.72. The van der Waals surface area contributed by atoms with Crippen molar-refractivity contribution >= 4 is 17.4 Å². The average molecular weight is 264 g/mol. The van der Waals surface area contributed by atoms with Crippen molar-refractivity contribution in [1.29, 1.82) is 0 Å². The Morgan fingerprint density at radius 2 is 2.17 bits per heavy atom. The summed E-state index contributed by atoms with van der Waals surface area (Å²) < 4.78 is 5.31. The molecule has 5 heteroatoms. The summed E-state index contributed by atoms with van der Waals surface area (Å²) in [7, 11) is 0. The molecule has 0 unspecified atom stereocenters. The Labute approximate surface area is 111 Å². The number of halogens is 1. The maximum Gasteiger partial charge on any atom is 0.218 e. The molecule has 2 rings (SSSR count). The SMILES string of the molecule is CCOc1cc(NCc2cccc(Cl)c2)ncn1. The molecule has 1 N–H and O–H groups in total. The number of aromatic nitrogens is 2. The molecule has 1 aromatic carbocycles. The number of rotatable bonds is 5. The number of nitrogens with one attached hydrogen (secondary N) is 1. The van der Waals surface area contributed by atoms with E-state index >= 15 is 0 Å². The molecule has 0 aliphatic carbocycles. The van der Waals surface area contributed by atoms with Crippen LogP contribution in [0.25, 0.3) is 0 Å². The Bertz CT molecular complexity index is 519. The highest BCUT2D eigenvalue weighted by molar-refractivity contribution is 6.30. The van der Waals surface area contributed by atoms with Gasteiger partial charge in [-0.2, -0.15) is 0 Å². The van der Waals surface area contributed by atoms with Gasteiger partial charge in [-0.3, -0.25) is 0 Å². The minimum atomic E-state index is 0.570. The molecule has 94 valence electrons. The van der Waals surface area contributed by atoms with Crippen LogP contribution in [-0.4, -0.2) is 16.6 Å². The van der Waals surface area contributed by atoms with Crippen LogP contribution in [-0.2, 0) is 6.54 Å². The van der Waals surface area contributed by atoms with Gasteiger partial charge in [-0.15, -0.1) is 0 Å². The number of anilines is 1. The summed E-state index contributed by atoms with van der Waals surface area (Å²) in [4.78, 5) is 8.13. The molecule has 1 aromatic heterocycles. The van der Waals surface area contributed by atoms with Crippen molar-refractivity contribution in [2.75, 3.05) is 11.9 Å². The first-order valence-electron chi connectivity index (χ1n) is 5.71. The van der Waals surface area contributed by atoms with Gasteiger partial charge in [-0.05, 0) is 24.6 Å². The van der Waals surface area contributed by atoms with Gasteiger partial charge in [0.15, 0.2) is 0 Å². The van der Waals surface area contributed by atoms with E-state index in [0.29, 0.717) is 19.0 Å². The van der Waals surface area contributed by atoms with Crippen molar-refractivity contribution in [3.8, 4) is 5.88 Å². The van der Waals surface area contributed by atoms with E-state index < -0.39 is 0 Å². The van der Waals surface area contributed by atoms with Crippen LogP contribution in [0.5, 0.6) is 5.88 Å². The van der Waals surface area contributed by atoms with Crippen LogP contribution in [0.15, 0.2) is 36.7 Å². The Balaban J connectivity index is 1.99. The van der Waals surface area contributed by atoms with Gasteiger partial charge in [0.25, 0.3) is 0 Å². The quantitative estimate of drug-likeness (QED) is 0.900. The van der Waals surface area contributed by atoms with Crippen LogP contribution >= 0.6 is 11.6 Å². The van der Waals surface area contributed by atoms with Gasteiger partial charge in [0.1, 0.15) is 12.1 Å². The molecule has 0 radical (unpaired) electrons. The molecule has 2 aromatic rings. The van der Waals surface area contributed by atoms with Crippen molar-refractivity contribution in [3.63, 3.8) is 0 Å². The van der Waals surface area contributed by atoms with Crippen LogP contribution in [0.4, 0.5) is 5.82 Å². The summed E-state index contributed by atoms with van der Waals surface area (Å²) in [5.41, 5.74) is 1.10. The zero-order valence-electron chi connectivity index (χ0n) is 10.1. The van der Waals surface area contributed by atoms with Crippen LogP contribution in [0.1, 0.15) is 12.5 Å². The molecule has 0 aliphatic heterocycles. The fraction of sp³-hybridized carbons (Fsp3) is 0.231. The fourth-order valence-electron chi connectivity index (χ4n) is 1.50. The first kappa shape index (κ1) is 12.6. The van der Waals surface area contributed by atoms with Gasteiger partial charge in [0.05, 0.1) is 6.61 Å². The third kappa shape index (κ3) is 3.60. The van der Waals surface area contributed by atoms with E-state index in [2.05, 4.69) is 15.3 Å². The normalized spacial score (nSPS) is 10.1. The lowest BCUT2D eigenvalue weighted by Crippen LogP contribution is -2.03. The summed E-state index contributed by atoms with van der Waals surface area (Å²) in [5, 5.41) is 3.93. The van der Waals surface area contributed by atoms with Crippen molar-refractivity contribution in [1.82, 2.24) is 9.97 Å². The molecule has 0 atom stereocenters. The van der Waals surface area contributed by atoms with Crippen LogP contribution in [0.3, 0.4) is 0 Å². The van der Waals surface area contributed by atoms with Crippen molar-refractivity contribution in [2.45, 2.75) is 13.5 Å². The zero-order valence-corrected chi connectivity index (χ0v) is 10.8. The summed E-state index contributed by atoms with van der Waals surface area (Å²) in [6, 6.07) is 9.46. The minimum Gasteiger partial charge on any atom is -0.478 e. The Morgan fingerprint density at radius 3 is 2.94 bits per heavy atom. The lowest BCUT2D eigenvalue weighted by Gasteiger charge is -2.07. The molecule has 0 aliphatic rings. The van der Waals surface area contributed by atoms with Gasteiger partial charge >= 0.3 is 0 Å². The molecule has 1 heterocycles. The van der Waals surface area contributed by atoms with Gasteiger partial charge < -0.3 is 10.1 Å². The highest BCUT2D eigenvalue weighted by atomic mass is 35.5. The van der Waals surface area contributed by atoms with E-state index in [0.717, 1.165) is 16.4 Å². The predicted octanol–water partition coefficient (Wildman–Crippen LogP) is 3.14. The van der Waals surface area contributed by atoms with E-state index in [1.54, 1.807) is 6.07 Å². The van der Waals surface area contributed by atoms with E-state index in [4.69, 9.17) is 16.3 Å². The molecule has 0 spiro atoms. The van der Waals surface area contributed by atoms with Crippen molar-refractivity contribution < 1.29 is 4.74 Å². The number of hydrogen-bond donors (Lipinski definition) is 1. The smallest absolute Gasteiger partial charge is 0.218 e. The maximum atomic E-state index is 5.92. The molecule has 18 heavy (non-hydrogen) atoms. The third-order valence-corrected chi connectivity index (χ3v) is 2.53. The van der Waals surface area contributed by atoms with E-state index in [9.17, 15) is 0 Å². The standard InChI is InChI=1S/C13H14ClN3O/c1-2-18-13-7-12(16-9-17-13)15-8-10-4-3-5-11(14)6-10/h3-7,9H,2,8H2,1H3,(H,15,16,17). The highest BCUT2D eigenvalue weighted by Crippen LogP contribution is 2.14. The van der Waals surface area contributed by atoms with Gasteiger partial charge in [0, 0.05) is 17.6 Å². The van der Waals surface area contributed by atoms with Gasteiger partial charge in [0.2, 0.25) is 5.88 Å². The van der Waals surface area contributed by atoms with Crippen molar-refractivity contribution in [3.05, 3.63) is 47.2 Å². The summed E-state index contributed by atoms with van der Waals surface area (Å²) in [5.74, 6) is 1.30. The first-order valence-corrected chi connectivity index (χ1v) is 6.09. The molecule has 0 bridgehead atoms. The van der Waals surface area contributed by atoms with E-state index in [-0.39, 0.29) is 0 Å². The molecular weight excluding hydrogens is 250 g/mol. The van der Waals surface area contributed by atoms with Crippen LogP contribution in [0, 0.1) is 0 Å². The summed E-state index contributed by atoms with van der Waals surface area (Å²) in [6.45, 7) is 3.16. The second-order valence-electron chi connectivity index (χ2n) is 3.66. The number of nitrogens with zero attached hydrogens (tertiary/aromatic N) is 2. The van der Waals surface area contributed by atoms with E-state index in [1.807, 2.05) is 31.2 Å². The van der Waals surface area contributed by atoms with Gasteiger partial charge in [-0.25, -0.2) is 9.97 Å². The lowest BCUT2D eigenvalue weighted by molar-refractivity contribution is 0.326. The van der Waals surface area contributed by atoms with Crippen LogP contribution in [0.2, 0.25) is 5.02 Å².